The number of aryl methyl sites for hydroxylation is 1. The van der Waals surface area contributed by atoms with Crippen molar-refractivity contribution in [1.29, 1.82) is 0 Å². The quantitative estimate of drug-likeness (QED) is 0.809. The van der Waals surface area contributed by atoms with Crippen molar-refractivity contribution in [2.75, 3.05) is 33.3 Å². The molecule has 0 unspecified atom stereocenters. The lowest BCUT2D eigenvalue weighted by Gasteiger charge is -2.33. The molecule has 0 saturated carbocycles. The Hall–Kier alpha value is -1.44. The van der Waals surface area contributed by atoms with Gasteiger partial charge in [0.15, 0.2) is 0 Å². The molecule has 1 saturated heterocycles. The number of hydrogen-bond donors (Lipinski definition) is 0. The summed E-state index contributed by atoms with van der Waals surface area (Å²) in [7, 11) is -2.22. The second-order valence-corrected chi connectivity index (χ2v) is 7.86. The molecule has 0 N–H and O–H groups in total. The molecule has 1 amide bonds. The van der Waals surface area contributed by atoms with Crippen LogP contribution < -0.4 is 0 Å². The molecule has 1 aliphatic rings. The highest BCUT2D eigenvalue weighted by molar-refractivity contribution is 7.89. The minimum atomic E-state index is -3.65. The summed E-state index contributed by atoms with van der Waals surface area (Å²) in [4.78, 5) is 14.2. The molecule has 0 aliphatic carbocycles. The van der Waals surface area contributed by atoms with Gasteiger partial charge in [0.05, 0.1) is 24.2 Å². The van der Waals surface area contributed by atoms with E-state index < -0.39 is 10.0 Å². The van der Waals surface area contributed by atoms with Gasteiger partial charge in [-0.25, -0.2) is 8.42 Å². The van der Waals surface area contributed by atoms with Gasteiger partial charge in [-0.1, -0.05) is 24.6 Å². The number of sulfonamides is 1. The van der Waals surface area contributed by atoms with Crippen molar-refractivity contribution in [3.8, 4) is 0 Å². The molecule has 23 heavy (non-hydrogen) atoms. The third-order valence-electron chi connectivity index (χ3n) is 4.03. The first kappa shape index (κ1) is 17.9. The van der Waals surface area contributed by atoms with E-state index in [9.17, 15) is 13.2 Å². The third kappa shape index (κ3) is 4.31. The zero-order valence-electron chi connectivity index (χ0n) is 13.9. The van der Waals surface area contributed by atoms with Crippen molar-refractivity contribution in [3.05, 3.63) is 29.8 Å². The van der Waals surface area contributed by atoms with Gasteiger partial charge in [-0.3, -0.25) is 4.79 Å². The molecule has 128 valence electrons. The molecule has 0 aromatic heterocycles. The van der Waals surface area contributed by atoms with Crippen LogP contribution in [0.25, 0.3) is 0 Å². The Morgan fingerprint density at radius 2 is 2.00 bits per heavy atom. The van der Waals surface area contributed by atoms with E-state index in [0.717, 1.165) is 16.3 Å². The number of likely N-dealkylation sites (N-methyl/N-ethyl adjacent to an activating group) is 1. The van der Waals surface area contributed by atoms with Gasteiger partial charge >= 0.3 is 0 Å². The van der Waals surface area contributed by atoms with Gasteiger partial charge in [-0.2, -0.15) is 4.31 Å². The molecule has 1 aliphatic heterocycles. The molecule has 1 aromatic rings. The highest BCUT2D eigenvalue weighted by atomic mass is 32.2. The Morgan fingerprint density at radius 3 is 2.61 bits per heavy atom. The summed E-state index contributed by atoms with van der Waals surface area (Å²) in [6.45, 7) is 5.27. The number of morpholine rings is 1. The van der Waals surface area contributed by atoms with Crippen molar-refractivity contribution >= 4 is 15.9 Å². The average Bonchev–Trinajstić information content (AvgIpc) is 2.55. The zero-order valence-corrected chi connectivity index (χ0v) is 14.7. The number of rotatable bonds is 5. The number of amides is 1. The fourth-order valence-corrected chi connectivity index (χ4v) is 3.58. The van der Waals surface area contributed by atoms with Gasteiger partial charge in [0, 0.05) is 20.1 Å². The molecular weight excluding hydrogens is 316 g/mol. The maximum absolute atomic E-state index is 12.5. The fraction of sp³-hybridized carbons (Fsp3) is 0.562. The Labute approximate surface area is 138 Å². The van der Waals surface area contributed by atoms with E-state index in [1.165, 1.54) is 7.05 Å². The molecule has 7 heteroatoms. The second-order valence-electron chi connectivity index (χ2n) is 5.81. The molecule has 0 radical (unpaired) electrons. The lowest BCUT2D eigenvalue weighted by molar-refractivity contribution is -0.138. The largest absolute Gasteiger partial charge is 0.375 e. The van der Waals surface area contributed by atoms with E-state index in [1.807, 2.05) is 13.8 Å². The highest BCUT2D eigenvalue weighted by Gasteiger charge is 2.28. The first-order chi connectivity index (χ1) is 10.8. The molecule has 0 spiro atoms. The highest BCUT2D eigenvalue weighted by Crippen LogP contribution is 2.16. The standard InChI is InChI=1S/C16H24N2O4S/c1-4-14-11-18(9-10-22-14)16(19)12-17(3)23(20,21)15-7-5-13(2)6-8-15/h5-8,14H,4,9-12H2,1-3H3/t14-/m0/s1. The predicted octanol–water partition coefficient (Wildman–Crippen LogP) is 1.25. The number of ether oxygens (including phenoxy) is 1. The van der Waals surface area contributed by atoms with Gasteiger partial charge in [0.1, 0.15) is 0 Å². The van der Waals surface area contributed by atoms with Crippen LogP contribution in [0.3, 0.4) is 0 Å². The van der Waals surface area contributed by atoms with Crippen molar-refractivity contribution in [2.45, 2.75) is 31.3 Å². The smallest absolute Gasteiger partial charge is 0.243 e. The van der Waals surface area contributed by atoms with E-state index >= 15 is 0 Å². The van der Waals surface area contributed by atoms with Crippen LogP contribution in [0.5, 0.6) is 0 Å². The zero-order chi connectivity index (χ0) is 17.0. The molecule has 1 heterocycles. The lowest BCUT2D eigenvalue weighted by atomic mass is 10.2. The van der Waals surface area contributed by atoms with Crippen LogP contribution in [0.4, 0.5) is 0 Å². The van der Waals surface area contributed by atoms with E-state index in [2.05, 4.69) is 0 Å². The Morgan fingerprint density at radius 1 is 1.35 bits per heavy atom. The Kier molecular flexibility index (Phi) is 5.78. The van der Waals surface area contributed by atoms with Gasteiger partial charge < -0.3 is 9.64 Å². The van der Waals surface area contributed by atoms with E-state index in [1.54, 1.807) is 29.2 Å². The summed E-state index contributed by atoms with van der Waals surface area (Å²) < 4.78 is 31.7. The fourth-order valence-electron chi connectivity index (χ4n) is 2.46. The van der Waals surface area contributed by atoms with Crippen molar-refractivity contribution in [2.24, 2.45) is 0 Å². The van der Waals surface area contributed by atoms with Crippen molar-refractivity contribution in [3.63, 3.8) is 0 Å². The van der Waals surface area contributed by atoms with Crippen LogP contribution in [0.2, 0.25) is 0 Å². The van der Waals surface area contributed by atoms with E-state index in [4.69, 9.17) is 4.74 Å². The van der Waals surface area contributed by atoms with Crippen molar-refractivity contribution < 1.29 is 17.9 Å². The molecule has 6 nitrogen and oxygen atoms in total. The van der Waals surface area contributed by atoms with Crippen LogP contribution in [-0.2, 0) is 19.6 Å². The van der Waals surface area contributed by atoms with Crippen LogP contribution in [0.1, 0.15) is 18.9 Å². The van der Waals surface area contributed by atoms with Gasteiger partial charge in [0.25, 0.3) is 0 Å². The minimum absolute atomic E-state index is 0.0340. The van der Waals surface area contributed by atoms with Crippen LogP contribution >= 0.6 is 0 Å². The summed E-state index contributed by atoms with van der Waals surface area (Å²) in [5.74, 6) is -0.190. The molecule has 1 aromatic carbocycles. The van der Waals surface area contributed by atoms with Crippen LogP contribution in [0, 0.1) is 6.92 Å². The molecule has 0 bridgehead atoms. The average molecular weight is 340 g/mol. The summed E-state index contributed by atoms with van der Waals surface area (Å²) >= 11 is 0. The maximum Gasteiger partial charge on any atom is 0.243 e. The van der Waals surface area contributed by atoms with E-state index in [-0.39, 0.29) is 23.5 Å². The number of hydrogen-bond acceptors (Lipinski definition) is 4. The van der Waals surface area contributed by atoms with Crippen molar-refractivity contribution in [1.82, 2.24) is 9.21 Å². The predicted molar refractivity (Wildman–Crippen MR) is 87.6 cm³/mol. The molecule has 2 rings (SSSR count). The van der Waals surface area contributed by atoms with Gasteiger partial charge in [0.2, 0.25) is 15.9 Å². The van der Waals surface area contributed by atoms with E-state index in [0.29, 0.717) is 19.7 Å². The lowest BCUT2D eigenvalue weighted by Crippen LogP contribution is -2.49. The summed E-state index contributed by atoms with van der Waals surface area (Å²) in [6.07, 6.45) is 0.869. The minimum Gasteiger partial charge on any atom is -0.375 e. The Bertz CT molecular complexity index is 643. The molecule has 1 atom stereocenters. The summed E-state index contributed by atoms with van der Waals surface area (Å²) in [5, 5.41) is 0. The summed E-state index contributed by atoms with van der Waals surface area (Å²) in [5.41, 5.74) is 0.988. The van der Waals surface area contributed by atoms with Crippen LogP contribution in [-0.4, -0.2) is 62.9 Å². The second kappa shape index (κ2) is 7.42. The number of carbonyl (C=O) groups excluding carboxylic acids is 1. The first-order valence-electron chi connectivity index (χ1n) is 7.77. The SMILES string of the molecule is CC[C@H]1CN(C(=O)CN(C)S(=O)(=O)c2ccc(C)cc2)CCO1. The first-order valence-corrected chi connectivity index (χ1v) is 9.21. The summed E-state index contributed by atoms with van der Waals surface area (Å²) in [6, 6.07) is 6.62. The maximum atomic E-state index is 12.5. The van der Waals surface area contributed by atoms with Gasteiger partial charge in [-0.05, 0) is 25.5 Å². The molecule has 1 fully saturated rings. The van der Waals surface area contributed by atoms with Crippen LogP contribution in [0.15, 0.2) is 29.2 Å². The Balaban J connectivity index is 2.04. The third-order valence-corrected chi connectivity index (χ3v) is 5.85. The number of nitrogens with zero attached hydrogens (tertiary/aromatic N) is 2. The monoisotopic (exact) mass is 340 g/mol. The topological polar surface area (TPSA) is 66.9 Å². The normalized spacial score (nSPS) is 19.1. The van der Waals surface area contributed by atoms with Gasteiger partial charge in [-0.15, -0.1) is 0 Å². The molecular formula is C16H24N2O4S. The number of carbonyl (C=O) groups is 1. The number of benzene rings is 1.